The van der Waals surface area contributed by atoms with Crippen LogP contribution in [-0.2, 0) is 6.54 Å². The normalized spacial score (nSPS) is 25.5. The van der Waals surface area contributed by atoms with Crippen LogP contribution in [0.4, 0.5) is 5.69 Å². The molecule has 2 aliphatic carbocycles. The Morgan fingerprint density at radius 2 is 2.21 bits per heavy atom. The molecule has 4 nitrogen and oxygen atoms in total. The molecule has 0 saturated heterocycles. The third-order valence-corrected chi connectivity index (χ3v) is 4.20. The summed E-state index contributed by atoms with van der Waals surface area (Å²) in [5.41, 5.74) is 1.38. The summed E-state index contributed by atoms with van der Waals surface area (Å²) >= 11 is 4.60. The van der Waals surface area contributed by atoms with E-state index < -0.39 is 0 Å². The molecular formula is C14H16N2O2S. The van der Waals surface area contributed by atoms with Gasteiger partial charge in [0.05, 0.1) is 11.3 Å². The predicted octanol–water partition coefficient (Wildman–Crippen LogP) is 2.23. The maximum absolute atomic E-state index is 12.2. The zero-order valence-corrected chi connectivity index (χ0v) is 11.4. The van der Waals surface area contributed by atoms with Gasteiger partial charge in [-0.05, 0) is 55.4 Å². The van der Waals surface area contributed by atoms with Crippen LogP contribution in [0, 0.1) is 5.92 Å². The molecule has 2 atom stereocenters. The number of aliphatic hydroxyl groups is 1. The van der Waals surface area contributed by atoms with E-state index in [1.54, 1.807) is 4.57 Å². The van der Waals surface area contributed by atoms with Crippen molar-refractivity contribution in [3.05, 3.63) is 28.2 Å². The molecule has 1 aromatic rings. The summed E-state index contributed by atoms with van der Waals surface area (Å²) in [6.45, 7) is 0.570. The molecule has 1 heterocycles. The van der Waals surface area contributed by atoms with E-state index in [1.807, 2.05) is 12.3 Å². The molecule has 0 aromatic carbocycles. The minimum absolute atomic E-state index is 0.138. The monoisotopic (exact) mass is 276 g/mol. The number of pyridine rings is 1. The molecule has 3 rings (SSSR count). The molecule has 0 radical (unpaired) electrons. The molecular weight excluding hydrogens is 260 g/mol. The van der Waals surface area contributed by atoms with E-state index in [2.05, 4.69) is 22.4 Å². The number of aliphatic imine (C=N–C) groups is 1. The Hall–Kier alpha value is -1.29. The van der Waals surface area contributed by atoms with Crippen molar-refractivity contribution in [2.24, 2.45) is 10.9 Å². The summed E-state index contributed by atoms with van der Waals surface area (Å²) < 4.78 is 1.69. The van der Waals surface area contributed by atoms with E-state index in [0.717, 1.165) is 18.4 Å². The number of rotatable bonds is 4. The van der Waals surface area contributed by atoms with Gasteiger partial charge in [-0.2, -0.15) is 4.99 Å². The zero-order valence-electron chi connectivity index (χ0n) is 10.6. The van der Waals surface area contributed by atoms with Gasteiger partial charge < -0.3 is 9.67 Å². The summed E-state index contributed by atoms with van der Waals surface area (Å²) in [4.78, 5) is 16.1. The van der Waals surface area contributed by atoms with Gasteiger partial charge in [-0.1, -0.05) is 0 Å². The maximum atomic E-state index is 12.2. The van der Waals surface area contributed by atoms with Crippen molar-refractivity contribution in [2.45, 2.75) is 44.2 Å². The lowest BCUT2D eigenvalue weighted by Crippen LogP contribution is -2.37. The SMILES string of the molecule is O=c1c(N=C=S)cc(C2CC2)cn1CC1CCC1O. The standard InChI is InChI=1S/C14H16N2O2S/c17-13-4-3-10(13)6-16-7-11(9-1-2-9)5-12(14(16)18)15-8-19/h5,7,9-10,13,17H,1-4,6H2. The van der Waals surface area contributed by atoms with Crippen molar-refractivity contribution in [2.75, 3.05) is 0 Å². The lowest BCUT2D eigenvalue weighted by molar-refractivity contribution is 0.0142. The first kappa shape index (κ1) is 12.7. The minimum Gasteiger partial charge on any atom is -0.393 e. The van der Waals surface area contributed by atoms with Crippen molar-refractivity contribution in [1.82, 2.24) is 4.57 Å². The average molecular weight is 276 g/mol. The van der Waals surface area contributed by atoms with E-state index in [4.69, 9.17) is 0 Å². The summed E-state index contributed by atoms with van der Waals surface area (Å²) in [6, 6.07) is 1.83. The van der Waals surface area contributed by atoms with Crippen LogP contribution >= 0.6 is 12.2 Å². The molecule has 1 N–H and O–H groups in total. The number of aromatic nitrogens is 1. The van der Waals surface area contributed by atoms with Crippen LogP contribution in [0.5, 0.6) is 0 Å². The second kappa shape index (κ2) is 5.00. The molecule has 2 unspecified atom stereocenters. The quantitative estimate of drug-likeness (QED) is 0.678. The minimum atomic E-state index is -0.269. The van der Waals surface area contributed by atoms with Gasteiger partial charge in [-0.3, -0.25) is 4.79 Å². The Kier molecular flexibility index (Phi) is 3.35. The van der Waals surface area contributed by atoms with Gasteiger partial charge >= 0.3 is 0 Å². The number of thiocarbonyl (C=S) groups is 1. The lowest BCUT2D eigenvalue weighted by atomic mass is 9.82. The molecule has 100 valence electrons. The Morgan fingerprint density at radius 1 is 1.42 bits per heavy atom. The maximum Gasteiger partial charge on any atom is 0.277 e. The molecule has 5 heteroatoms. The second-order valence-electron chi connectivity index (χ2n) is 5.50. The first-order valence-corrected chi connectivity index (χ1v) is 7.10. The van der Waals surface area contributed by atoms with Crippen molar-refractivity contribution >= 4 is 23.1 Å². The molecule has 1 aromatic heterocycles. The molecule has 0 bridgehead atoms. The number of hydrogen-bond acceptors (Lipinski definition) is 4. The van der Waals surface area contributed by atoms with Gasteiger partial charge in [0.2, 0.25) is 0 Å². The molecule has 0 amide bonds. The molecule has 19 heavy (non-hydrogen) atoms. The summed E-state index contributed by atoms with van der Waals surface area (Å²) in [5, 5.41) is 11.9. The fourth-order valence-corrected chi connectivity index (χ4v) is 2.66. The summed E-state index contributed by atoms with van der Waals surface area (Å²) in [6.07, 6.45) is 5.82. The van der Waals surface area contributed by atoms with Crippen LogP contribution in [0.2, 0.25) is 0 Å². The fraction of sp³-hybridized carbons (Fsp3) is 0.571. The topological polar surface area (TPSA) is 54.6 Å². The molecule has 0 spiro atoms. The summed E-state index contributed by atoms with van der Waals surface area (Å²) in [7, 11) is 0. The molecule has 2 saturated carbocycles. The largest absolute Gasteiger partial charge is 0.393 e. The van der Waals surface area contributed by atoms with Crippen molar-refractivity contribution in [3.8, 4) is 0 Å². The Labute approximate surface area is 116 Å². The number of hydrogen-bond donors (Lipinski definition) is 1. The highest BCUT2D eigenvalue weighted by Crippen LogP contribution is 2.40. The highest BCUT2D eigenvalue weighted by molar-refractivity contribution is 7.78. The number of nitrogens with zero attached hydrogens (tertiary/aromatic N) is 2. The first-order chi connectivity index (χ1) is 9.19. The average Bonchev–Trinajstić information content (AvgIpc) is 3.22. The summed E-state index contributed by atoms with van der Waals surface area (Å²) in [5.74, 6) is 0.744. The van der Waals surface area contributed by atoms with E-state index in [-0.39, 0.29) is 17.6 Å². The van der Waals surface area contributed by atoms with Crippen LogP contribution < -0.4 is 5.56 Å². The van der Waals surface area contributed by atoms with E-state index in [1.165, 1.54) is 12.8 Å². The van der Waals surface area contributed by atoms with Gasteiger partial charge in [0, 0.05) is 18.7 Å². The predicted molar refractivity (Wildman–Crippen MR) is 76.1 cm³/mol. The third kappa shape index (κ3) is 2.54. The second-order valence-corrected chi connectivity index (χ2v) is 5.68. The fourth-order valence-electron chi connectivity index (χ4n) is 2.56. The molecule has 0 aliphatic heterocycles. The van der Waals surface area contributed by atoms with Crippen molar-refractivity contribution in [3.63, 3.8) is 0 Å². The number of isothiocyanates is 1. The van der Waals surface area contributed by atoms with E-state index in [9.17, 15) is 9.90 Å². The van der Waals surface area contributed by atoms with Crippen LogP contribution in [0.1, 0.15) is 37.2 Å². The molecule has 2 aliphatic rings. The molecule has 2 fully saturated rings. The van der Waals surface area contributed by atoms with Crippen LogP contribution in [0.3, 0.4) is 0 Å². The Bertz CT molecular complexity index is 600. The highest BCUT2D eigenvalue weighted by atomic mass is 32.1. The highest BCUT2D eigenvalue weighted by Gasteiger charge is 2.30. The van der Waals surface area contributed by atoms with E-state index >= 15 is 0 Å². The lowest BCUT2D eigenvalue weighted by Gasteiger charge is -2.32. The van der Waals surface area contributed by atoms with Gasteiger partial charge in [0.15, 0.2) is 0 Å². The van der Waals surface area contributed by atoms with Crippen molar-refractivity contribution in [1.29, 1.82) is 0 Å². The van der Waals surface area contributed by atoms with Gasteiger partial charge in [0.1, 0.15) is 5.69 Å². The van der Waals surface area contributed by atoms with E-state index in [0.29, 0.717) is 18.2 Å². The third-order valence-electron chi connectivity index (χ3n) is 4.11. The van der Waals surface area contributed by atoms with Crippen LogP contribution in [-0.4, -0.2) is 20.9 Å². The van der Waals surface area contributed by atoms with Crippen molar-refractivity contribution < 1.29 is 5.11 Å². The Balaban J connectivity index is 1.96. The van der Waals surface area contributed by atoms with Crippen LogP contribution in [0.25, 0.3) is 0 Å². The zero-order chi connectivity index (χ0) is 13.4. The number of aliphatic hydroxyl groups excluding tert-OH is 1. The smallest absolute Gasteiger partial charge is 0.277 e. The Morgan fingerprint density at radius 3 is 2.74 bits per heavy atom. The van der Waals surface area contributed by atoms with Gasteiger partial charge in [-0.15, -0.1) is 0 Å². The van der Waals surface area contributed by atoms with Gasteiger partial charge in [0.25, 0.3) is 5.56 Å². The van der Waals surface area contributed by atoms with Gasteiger partial charge in [-0.25, -0.2) is 0 Å². The van der Waals surface area contributed by atoms with Crippen LogP contribution in [0.15, 0.2) is 22.1 Å². The first-order valence-electron chi connectivity index (χ1n) is 6.69.